The van der Waals surface area contributed by atoms with Crippen LogP contribution in [0.2, 0.25) is 0 Å². The fourth-order valence-corrected chi connectivity index (χ4v) is 3.02. The average Bonchev–Trinajstić information content (AvgIpc) is 2.68. The molecule has 0 fully saturated rings. The van der Waals surface area contributed by atoms with Crippen molar-refractivity contribution in [1.29, 1.82) is 0 Å². The van der Waals surface area contributed by atoms with Gasteiger partial charge in [-0.1, -0.05) is 13.8 Å². The summed E-state index contributed by atoms with van der Waals surface area (Å²) in [6, 6.07) is 10.2. The number of halogens is 2. The Balaban J connectivity index is 1.99. The highest BCUT2D eigenvalue weighted by atomic mass is 127. The molecule has 1 aromatic carbocycles. The predicted molar refractivity (Wildman–Crippen MR) is 117 cm³/mol. The van der Waals surface area contributed by atoms with E-state index in [1.807, 2.05) is 32.0 Å². The maximum absolute atomic E-state index is 14.3. The minimum Gasteiger partial charge on any atom is -0.394 e. The Labute approximate surface area is 176 Å². The normalized spacial score (nSPS) is 12.1. The van der Waals surface area contributed by atoms with E-state index < -0.39 is 0 Å². The van der Waals surface area contributed by atoms with Crippen LogP contribution in [0.25, 0.3) is 11.3 Å². The summed E-state index contributed by atoms with van der Waals surface area (Å²) in [4.78, 5) is 13.0. The Morgan fingerprint density at radius 3 is 2.50 bits per heavy atom. The lowest BCUT2D eigenvalue weighted by Crippen LogP contribution is -2.30. The maximum atomic E-state index is 14.3. The molecule has 3 N–H and O–H groups in total. The molecule has 0 aliphatic rings. The number of anilines is 3. The van der Waals surface area contributed by atoms with Crippen LogP contribution < -0.4 is 10.6 Å². The van der Waals surface area contributed by atoms with Crippen LogP contribution in [-0.4, -0.2) is 32.7 Å². The third kappa shape index (κ3) is 5.14. The average molecular weight is 493 g/mol. The first-order valence-electron chi connectivity index (χ1n) is 8.85. The minimum absolute atomic E-state index is 0.0466. The summed E-state index contributed by atoms with van der Waals surface area (Å²) in [5.74, 6) is 0.629. The predicted octanol–water partition coefficient (Wildman–Crippen LogP) is 4.45. The zero-order chi connectivity index (χ0) is 20.1. The molecule has 6 nitrogen and oxygen atoms in total. The van der Waals surface area contributed by atoms with E-state index in [0.717, 1.165) is 9.13 Å². The van der Waals surface area contributed by atoms with Crippen LogP contribution in [0.1, 0.15) is 13.8 Å². The van der Waals surface area contributed by atoms with Gasteiger partial charge in [0.05, 0.1) is 24.0 Å². The van der Waals surface area contributed by atoms with Gasteiger partial charge in [0.1, 0.15) is 11.6 Å². The molecule has 146 valence electrons. The number of nitrogens with one attached hydrogen (secondary N) is 2. The van der Waals surface area contributed by atoms with Crippen molar-refractivity contribution in [2.45, 2.75) is 19.9 Å². The number of aliphatic hydroxyl groups excluding tert-OH is 1. The number of hydrogen-bond acceptors (Lipinski definition) is 6. The van der Waals surface area contributed by atoms with Gasteiger partial charge in [-0.05, 0) is 58.8 Å². The summed E-state index contributed by atoms with van der Waals surface area (Å²) in [5.41, 5.74) is 1.85. The van der Waals surface area contributed by atoms with Crippen LogP contribution >= 0.6 is 22.6 Å². The summed E-state index contributed by atoms with van der Waals surface area (Å²) < 4.78 is 15.1. The molecular weight excluding hydrogens is 472 g/mol. The van der Waals surface area contributed by atoms with Crippen molar-refractivity contribution in [2.75, 3.05) is 17.2 Å². The molecule has 28 heavy (non-hydrogen) atoms. The minimum atomic E-state index is -0.360. The van der Waals surface area contributed by atoms with Crippen molar-refractivity contribution >= 4 is 40.0 Å². The molecule has 0 saturated heterocycles. The van der Waals surface area contributed by atoms with E-state index >= 15 is 0 Å². The van der Waals surface area contributed by atoms with Crippen molar-refractivity contribution in [1.82, 2.24) is 15.0 Å². The lowest BCUT2D eigenvalue weighted by molar-refractivity contribution is 0.248. The smallest absolute Gasteiger partial charge is 0.225 e. The number of aliphatic hydroxyl groups is 1. The highest BCUT2D eigenvalue weighted by Crippen LogP contribution is 2.26. The van der Waals surface area contributed by atoms with E-state index in [-0.39, 0.29) is 24.4 Å². The van der Waals surface area contributed by atoms with Gasteiger partial charge >= 0.3 is 0 Å². The molecule has 0 bridgehead atoms. The molecule has 0 spiro atoms. The molecule has 0 amide bonds. The third-order valence-electron chi connectivity index (χ3n) is 4.21. The van der Waals surface area contributed by atoms with Crippen LogP contribution in [0, 0.1) is 15.3 Å². The van der Waals surface area contributed by atoms with Crippen LogP contribution in [0.15, 0.2) is 48.8 Å². The molecule has 2 heterocycles. The second kappa shape index (κ2) is 9.24. The Morgan fingerprint density at radius 1 is 1.11 bits per heavy atom. The van der Waals surface area contributed by atoms with E-state index in [4.69, 9.17) is 0 Å². The summed E-state index contributed by atoms with van der Waals surface area (Å²) in [7, 11) is 0. The van der Waals surface area contributed by atoms with Gasteiger partial charge in [0.2, 0.25) is 5.95 Å². The Kier molecular flexibility index (Phi) is 6.74. The Bertz CT molecular complexity index is 939. The molecule has 8 heteroatoms. The molecule has 0 unspecified atom stereocenters. The molecule has 0 aliphatic carbocycles. The first kappa shape index (κ1) is 20.4. The quantitative estimate of drug-likeness (QED) is 0.422. The lowest BCUT2D eigenvalue weighted by Gasteiger charge is -2.20. The van der Waals surface area contributed by atoms with Gasteiger partial charge in [-0.25, -0.2) is 9.37 Å². The fourth-order valence-electron chi connectivity index (χ4n) is 2.56. The Morgan fingerprint density at radius 2 is 1.86 bits per heavy atom. The van der Waals surface area contributed by atoms with Gasteiger partial charge in [-0.3, -0.25) is 4.98 Å². The van der Waals surface area contributed by atoms with Gasteiger partial charge in [0.15, 0.2) is 0 Å². The van der Waals surface area contributed by atoms with E-state index in [1.165, 1.54) is 6.07 Å². The van der Waals surface area contributed by atoms with E-state index in [9.17, 15) is 9.50 Å². The molecule has 0 saturated carbocycles. The molecule has 1 atom stereocenters. The number of pyridine rings is 1. The maximum Gasteiger partial charge on any atom is 0.225 e. The van der Waals surface area contributed by atoms with Gasteiger partial charge in [0.25, 0.3) is 0 Å². The summed E-state index contributed by atoms with van der Waals surface area (Å²) in [6.45, 7) is 3.95. The molecule has 0 radical (unpaired) electrons. The van der Waals surface area contributed by atoms with Gasteiger partial charge in [0, 0.05) is 27.6 Å². The zero-order valence-electron chi connectivity index (χ0n) is 15.5. The number of hydrogen-bond donors (Lipinski definition) is 3. The number of aromatic nitrogens is 3. The van der Waals surface area contributed by atoms with Crippen molar-refractivity contribution in [3.8, 4) is 11.3 Å². The van der Waals surface area contributed by atoms with Gasteiger partial charge in [-0.15, -0.1) is 0 Å². The van der Waals surface area contributed by atoms with Gasteiger partial charge in [-0.2, -0.15) is 4.98 Å². The van der Waals surface area contributed by atoms with E-state index in [1.54, 1.807) is 24.5 Å². The summed E-state index contributed by atoms with van der Waals surface area (Å²) in [6.07, 6.45) is 3.36. The highest BCUT2D eigenvalue weighted by molar-refractivity contribution is 14.1. The molecular formula is C20H21FIN5O. The van der Waals surface area contributed by atoms with Gasteiger partial charge < -0.3 is 15.7 Å². The lowest BCUT2D eigenvalue weighted by atomic mass is 10.1. The van der Waals surface area contributed by atoms with E-state index in [0.29, 0.717) is 23.1 Å². The van der Waals surface area contributed by atoms with Crippen molar-refractivity contribution < 1.29 is 9.50 Å². The topological polar surface area (TPSA) is 83.0 Å². The molecule has 0 aliphatic heterocycles. The van der Waals surface area contributed by atoms with Crippen molar-refractivity contribution in [3.05, 3.63) is 58.2 Å². The van der Waals surface area contributed by atoms with Crippen LogP contribution in [0.4, 0.5) is 21.8 Å². The van der Waals surface area contributed by atoms with Crippen LogP contribution in [-0.2, 0) is 0 Å². The second-order valence-corrected chi connectivity index (χ2v) is 7.87. The largest absolute Gasteiger partial charge is 0.394 e. The van der Waals surface area contributed by atoms with E-state index in [2.05, 4.69) is 48.2 Å². The monoisotopic (exact) mass is 493 g/mol. The number of nitrogens with zero attached hydrogens (tertiary/aromatic N) is 3. The number of benzene rings is 1. The first-order valence-corrected chi connectivity index (χ1v) is 9.93. The first-order chi connectivity index (χ1) is 13.5. The zero-order valence-corrected chi connectivity index (χ0v) is 17.7. The molecule has 3 aromatic rings. The van der Waals surface area contributed by atoms with Crippen LogP contribution in [0.3, 0.4) is 0 Å². The van der Waals surface area contributed by atoms with Crippen molar-refractivity contribution in [2.24, 2.45) is 5.92 Å². The third-order valence-corrected chi connectivity index (χ3v) is 4.88. The summed E-state index contributed by atoms with van der Waals surface area (Å²) in [5, 5.41) is 15.8. The molecule has 3 rings (SSSR count). The summed E-state index contributed by atoms with van der Waals surface area (Å²) >= 11 is 2.06. The Hall–Kier alpha value is -2.33. The SMILES string of the molecule is CC(C)[C@@H](CO)Nc1nc(Nc2ccc(I)cc2F)cc(-c2ccncc2)n1. The van der Waals surface area contributed by atoms with Crippen molar-refractivity contribution in [3.63, 3.8) is 0 Å². The molecule has 2 aromatic heterocycles. The standard InChI is InChI=1S/C20H21FIN5O/c1-12(2)18(11-28)26-20-25-17(13-5-7-23-8-6-13)10-19(27-20)24-16-4-3-14(22)9-15(16)21/h3-10,12,18,28H,11H2,1-2H3,(H2,24,25,26,27)/t18-/m1/s1. The number of rotatable bonds is 7. The fraction of sp³-hybridized carbons (Fsp3) is 0.250. The van der Waals surface area contributed by atoms with Crippen LogP contribution in [0.5, 0.6) is 0 Å². The second-order valence-electron chi connectivity index (χ2n) is 6.62. The highest BCUT2D eigenvalue weighted by Gasteiger charge is 2.15.